The molecular weight excluding hydrogens is 368 g/mol. The van der Waals surface area contributed by atoms with Crippen molar-refractivity contribution in [1.29, 1.82) is 0 Å². The molecule has 0 spiro atoms. The number of para-hydroxylation sites is 1. The average molecular weight is 388 g/mol. The van der Waals surface area contributed by atoms with Gasteiger partial charge in [-0.05, 0) is 35.4 Å². The van der Waals surface area contributed by atoms with E-state index in [1.165, 1.54) is 12.1 Å². The van der Waals surface area contributed by atoms with Gasteiger partial charge in [0.2, 0.25) is 5.91 Å². The van der Waals surface area contributed by atoms with E-state index in [2.05, 4.69) is 15.4 Å². The molecule has 3 aromatic rings. The van der Waals surface area contributed by atoms with Gasteiger partial charge in [0.1, 0.15) is 0 Å². The molecule has 7 nitrogen and oxygen atoms in total. The third kappa shape index (κ3) is 5.49. The van der Waals surface area contributed by atoms with Gasteiger partial charge in [0, 0.05) is 30.6 Å². The van der Waals surface area contributed by atoms with Gasteiger partial charge in [-0.3, -0.25) is 14.9 Å². The van der Waals surface area contributed by atoms with E-state index in [0.717, 1.165) is 16.9 Å². The molecule has 146 valence electrons. The lowest BCUT2D eigenvalue weighted by Gasteiger charge is -2.19. The van der Waals surface area contributed by atoms with Crippen molar-refractivity contribution in [2.45, 2.75) is 6.42 Å². The standard InChI is InChI=1S/C22H20N4O3/c1-25(19-5-3-2-4-6-19)20-11-9-18(10-12-20)16-23-24-22(27)15-17-7-13-21(14-8-17)26(28)29/h2-14,16H,15H2,1H3,(H,24,27)/b23-16+. The first kappa shape index (κ1) is 19.8. The summed E-state index contributed by atoms with van der Waals surface area (Å²) in [6.45, 7) is 0. The molecular formula is C22H20N4O3. The SMILES string of the molecule is CN(c1ccccc1)c1ccc(/C=N/NC(=O)Cc2ccc([N+](=O)[O-])cc2)cc1. The molecule has 1 amide bonds. The van der Waals surface area contributed by atoms with Crippen LogP contribution in [0.2, 0.25) is 0 Å². The molecule has 0 atom stereocenters. The van der Waals surface area contributed by atoms with Gasteiger partial charge >= 0.3 is 0 Å². The maximum Gasteiger partial charge on any atom is 0.269 e. The number of non-ortho nitro benzene ring substituents is 1. The Balaban J connectivity index is 1.53. The van der Waals surface area contributed by atoms with Crippen molar-refractivity contribution in [3.05, 3.63) is 100 Å². The number of nitro benzene ring substituents is 1. The quantitative estimate of drug-likeness (QED) is 0.376. The third-order valence-corrected chi connectivity index (χ3v) is 4.34. The lowest BCUT2D eigenvalue weighted by Crippen LogP contribution is -2.19. The van der Waals surface area contributed by atoms with Crippen LogP contribution < -0.4 is 10.3 Å². The van der Waals surface area contributed by atoms with Crippen LogP contribution in [0.5, 0.6) is 0 Å². The van der Waals surface area contributed by atoms with Crippen molar-refractivity contribution in [3.8, 4) is 0 Å². The zero-order valence-corrected chi connectivity index (χ0v) is 15.9. The lowest BCUT2D eigenvalue weighted by molar-refractivity contribution is -0.384. The Labute approximate surface area is 168 Å². The first-order valence-corrected chi connectivity index (χ1v) is 8.97. The van der Waals surface area contributed by atoms with E-state index in [-0.39, 0.29) is 18.0 Å². The summed E-state index contributed by atoms with van der Waals surface area (Å²) >= 11 is 0. The summed E-state index contributed by atoms with van der Waals surface area (Å²) in [5, 5.41) is 14.6. The molecule has 0 bridgehead atoms. The molecule has 0 unspecified atom stereocenters. The molecule has 7 heteroatoms. The van der Waals surface area contributed by atoms with E-state index < -0.39 is 4.92 Å². The summed E-state index contributed by atoms with van der Waals surface area (Å²) in [4.78, 5) is 24.2. The summed E-state index contributed by atoms with van der Waals surface area (Å²) in [6, 6.07) is 23.7. The first-order chi connectivity index (χ1) is 14.0. The van der Waals surface area contributed by atoms with Crippen molar-refractivity contribution in [2.75, 3.05) is 11.9 Å². The van der Waals surface area contributed by atoms with E-state index in [9.17, 15) is 14.9 Å². The van der Waals surface area contributed by atoms with Crippen molar-refractivity contribution in [3.63, 3.8) is 0 Å². The van der Waals surface area contributed by atoms with Crippen molar-refractivity contribution in [1.82, 2.24) is 5.43 Å². The summed E-state index contributed by atoms with van der Waals surface area (Å²) in [5.41, 5.74) is 6.12. The number of nitrogens with one attached hydrogen (secondary N) is 1. The monoisotopic (exact) mass is 388 g/mol. The van der Waals surface area contributed by atoms with Crippen LogP contribution in [0.4, 0.5) is 17.1 Å². The number of rotatable bonds is 7. The molecule has 29 heavy (non-hydrogen) atoms. The fourth-order valence-electron chi connectivity index (χ4n) is 2.72. The molecule has 3 aromatic carbocycles. The Morgan fingerprint density at radius 3 is 2.24 bits per heavy atom. The molecule has 0 aromatic heterocycles. The fourth-order valence-corrected chi connectivity index (χ4v) is 2.72. The summed E-state index contributed by atoms with van der Waals surface area (Å²) < 4.78 is 0. The highest BCUT2D eigenvalue weighted by Crippen LogP contribution is 2.22. The van der Waals surface area contributed by atoms with Crippen LogP contribution in [0.3, 0.4) is 0 Å². The number of amides is 1. The minimum Gasteiger partial charge on any atom is -0.345 e. The highest BCUT2D eigenvalue weighted by molar-refractivity contribution is 5.84. The van der Waals surface area contributed by atoms with E-state index in [1.54, 1.807) is 18.3 Å². The van der Waals surface area contributed by atoms with Crippen LogP contribution in [-0.2, 0) is 11.2 Å². The number of anilines is 2. The molecule has 3 rings (SSSR count). The van der Waals surface area contributed by atoms with Gasteiger partial charge in [-0.25, -0.2) is 5.43 Å². The van der Waals surface area contributed by atoms with E-state index in [4.69, 9.17) is 0 Å². The largest absolute Gasteiger partial charge is 0.345 e. The Morgan fingerprint density at radius 2 is 1.62 bits per heavy atom. The molecule has 1 N–H and O–H groups in total. The molecule has 0 saturated heterocycles. The highest BCUT2D eigenvalue weighted by atomic mass is 16.6. The Morgan fingerprint density at radius 1 is 1.00 bits per heavy atom. The average Bonchev–Trinajstić information content (AvgIpc) is 2.75. The number of hydrogen-bond acceptors (Lipinski definition) is 5. The van der Waals surface area contributed by atoms with Gasteiger partial charge in [-0.2, -0.15) is 5.10 Å². The first-order valence-electron chi connectivity index (χ1n) is 8.97. The maximum absolute atomic E-state index is 12.0. The molecule has 0 radical (unpaired) electrons. The normalized spacial score (nSPS) is 10.7. The number of carbonyl (C=O) groups is 1. The van der Waals surface area contributed by atoms with Crippen LogP contribution in [0.1, 0.15) is 11.1 Å². The van der Waals surface area contributed by atoms with Crippen LogP contribution in [0.15, 0.2) is 84.0 Å². The Bertz CT molecular complexity index is 1000. The van der Waals surface area contributed by atoms with Crippen molar-refractivity contribution >= 4 is 29.2 Å². The van der Waals surface area contributed by atoms with Crippen LogP contribution >= 0.6 is 0 Å². The molecule has 0 fully saturated rings. The topological polar surface area (TPSA) is 87.8 Å². The predicted molar refractivity (Wildman–Crippen MR) is 113 cm³/mol. The number of nitro groups is 1. The third-order valence-electron chi connectivity index (χ3n) is 4.34. The lowest BCUT2D eigenvalue weighted by atomic mass is 10.1. The van der Waals surface area contributed by atoms with Crippen LogP contribution in [0.25, 0.3) is 0 Å². The fraction of sp³-hybridized carbons (Fsp3) is 0.0909. The van der Waals surface area contributed by atoms with Gasteiger partial charge in [-0.15, -0.1) is 0 Å². The number of nitrogens with zero attached hydrogens (tertiary/aromatic N) is 3. The van der Waals surface area contributed by atoms with E-state index in [0.29, 0.717) is 5.56 Å². The second-order valence-electron chi connectivity index (χ2n) is 6.38. The second-order valence-corrected chi connectivity index (χ2v) is 6.38. The molecule has 0 aliphatic rings. The van der Waals surface area contributed by atoms with Crippen LogP contribution in [-0.4, -0.2) is 24.1 Å². The zero-order valence-electron chi connectivity index (χ0n) is 15.9. The number of hydrogen-bond donors (Lipinski definition) is 1. The molecule has 0 heterocycles. The summed E-state index contributed by atoms with van der Waals surface area (Å²) in [5.74, 6) is -0.296. The minimum absolute atomic E-state index is 0.00599. The van der Waals surface area contributed by atoms with Gasteiger partial charge in [0.15, 0.2) is 0 Å². The summed E-state index contributed by atoms with van der Waals surface area (Å²) in [7, 11) is 2.00. The Kier molecular flexibility index (Phi) is 6.32. The smallest absolute Gasteiger partial charge is 0.269 e. The van der Waals surface area contributed by atoms with E-state index in [1.807, 2.05) is 61.6 Å². The summed E-state index contributed by atoms with van der Waals surface area (Å²) in [6.07, 6.45) is 1.66. The van der Waals surface area contributed by atoms with Crippen molar-refractivity contribution in [2.24, 2.45) is 5.10 Å². The predicted octanol–water partition coefficient (Wildman–Crippen LogP) is 4.06. The van der Waals surface area contributed by atoms with Crippen molar-refractivity contribution < 1.29 is 9.72 Å². The highest BCUT2D eigenvalue weighted by Gasteiger charge is 2.07. The zero-order chi connectivity index (χ0) is 20.6. The van der Waals surface area contributed by atoms with Gasteiger partial charge in [0.25, 0.3) is 5.69 Å². The van der Waals surface area contributed by atoms with Gasteiger partial charge in [-0.1, -0.05) is 42.5 Å². The molecule has 0 aliphatic carbocycles. The number of carbonyl (C=O) groups excluding carboxylic acids is 1. The molecule has 0 saturated carbocycles. The molecule has 0 aliphatic heterocycles. The van der Waals surface area contributed by atoms with E-state index >= 15 is 0 Å². The van der Waals surface area contributed by atoms with Gasteiger partial charge < -0.3 is 4.90 Å². The number of benzene rings is 3. The Hall–Kier alpha value is -4.00. The van der Waals surface area contributed by atoms with Crippen LogP contribution in [0, 0.1) is 10.1 Å². The number of hydrazone groups is 1. The maximum atomic E-state index is 12.0. The minimum atomic E-state index is -0.475. The van der Waals surface area contributed by atoms with Gasteiger partial charge in [0.05, 0.1) is 17.6 Å². The second kappa shape index (κ2) is 9.27.